The molecule has 0 aromatic heterocycles. The van der Waals surface area contributed by atoms with Crippen molar-refractivity contribution in [1.29, 1.82) is 0 Å². The zero-order chi connectivity index (χ0) is 31.7. The average molecular weight is 597 g/mol. The Bertz CT molecular complexity index is 1240. The summed E-state index contributed by atoms with van der Waals surface area (Å²) < 4.78 is 1.61. The Morgan fingerprint density at radius 3 is 1.16 bits per heavy atom. The van der Waals surface area contributed by atoms with Gasteiger partial charge in [-0.25, -0.2) is 4.70 Å². The summed E-state index contributed by atoms with van der Waals surface area (Å²) in [6.45, 7) is 13.7. The first-order valence-corrected chi connectivity index (χ1v) is 18.7. The molecule has 242 valence electrons. The highest BCUT2D eigenvalue weighted by Gasteiger charge is 2.35. The molecule has 3 rings (SSSR count). The maximum atomic E-state index is 12.3. The lowest BCUT2D eigenvalue weighted by molar-refractivity contribution is -0.345. The van der Waals surface area contributed by atoms with Crippen LogP contribution in [0.2, 0.25) is 0 Å². The van der Waals surface area contributed by atoms with E-state index in [0.29, 0.717) is 0 Å². The molecule has 2 nitrogen and oxygen atoms in total. The Labute approximate surface area is 271 Å². The van der Waals surface area contributed by atoms with Crippen LogP contribution in [0.3, 0.4) is 0 Å². The van der Waals surface area contributed by atoms with Gasteiger partial charge in [-0.05, 0) is 117 Å². The number of rotatable bonds is 22. The van der Waals surface area contributed by atoms with Crippen LogP contribution in [0.4, 0.5) is 0 Å². The zero-order valence-electron chi connectivity index (χ0n) is 29.5. The summed E-state index contributed by atoms with van der Waals surface area (Å²) in [6.07, 6.45) is 23.7. The summed E-state index contributed by atoms with van der Waals surface area (Å²) in [5, 5.41) is 0. The van der Waals surface area contributed by atoms with Crippen molar-refractivity contribution in [2.75, 3.05) is 0 Å². The van der Waals surface area contributed by atoms with Crippen LogP contribution < -0.4 is 0 Å². The summed E-state index contributed by atoms with van der Waals surface area (Å²) >= 11 is 0. The molecular weight excluding hydrogens is 532 g/mol. The number of hydrogen-bond acceptors (Lipinski definition) is 0. The molecule has 0 N–H and O–H groups in total. The van der Waals surface area contributed by atoms with Crippen LogP contribution in [-0.4, -0.2) is 4.70 Å². The maximum Gasteiger partial charge on any atom is 0.211 e. The number of benzene rings is 2. The molecule has 0 bridgehead atoms. The van der Waals surface area contributed by atoms with E-state index in [4.69, 9.17) is 0 Å². The van der Waals surface area contributed by atoms with Crippen LogP contribution in [0.1, 0.15) is 178 Å². The molecule has 1 aliphatic rings. The minimum absolute atomic E-state index is 0.930. The number of nitrogens with zero attached hydrogens (tertiary/aromatic N) is 2. The van der Waals surface area contributed by atoms with Crippen LogP contribution in [-0.2, 0) is 25.7 Å². The van der Waals surface area contributed by atoms with E-state index in [1.165, 1.54) is 122 Å². The van der Waals surface area contributed by atoms with E-state index in [0.717, 1.165) is 62.8 Å². The Morgan fingerprint density at radius 1 is 0.409 bits per heavy atom. The molecule has 0 spiro atoms. The minimum Gasteiger partial charge on any atom is -0.493 e. The molecule has 0 saturated heterocycles. The fraction of sp³-hybridized carbons (Fsp3) is 0.619. The highest BCUT2D eigenvalue weighted by Crippen LogP contribution is 2.44. The van der Waals surface area contributed by atoms with Crippen LogP contribution in [0.25, 0.3) is 16.9 Å². The quantitative estimate of drug-likeness (QED) is 0.0954. The molecule has 0 aliphatic carbocycles. The van der Waals surface area contributed by atoms with Gasteiger partial charge in [0.1, 0.15) is 0 Å². The largest absolute Gasteiger partial charge is 0.493 e. The van der Waals surface area contributed by atoms with Crippen LogP contribution in [0, 0.1) is 0 Å². The first-order valence-electron chi connectivity index (χ1n) is 18.7. The van der Waals surface area contributed by atoms with Gasteiger partial charge in [-0.15, -0.1) is 0 Å². The lowest BCUT2D eigenvalue weighted by Gasteiger charge is -2.15. The van der Waals surface area contributed by atoms with Crippen LogP contribution >= 0.6 is 0 Å². The fourth-order valence-corrected chi connectivity index (χ4v) is 6.90. The third-order valence-corrected chi connectivity index (χ3v) is 9.42. The molecule has 0 amide bonds. The van der Waals surface area contributed by atoms with E-state index < -0.39 is 0 Å². The van der Waals surface area contributed by atoms with Gasteiger partial charge >= 0.3 is 0 Å². The fourth-order valence-electron chi connectivity index (χ4n) is 6.90. The summed E-state index contributed by atoms with van der Waals surface area (Å²) in [7, 11) is 0. The standard InChI is InChI=1S/C42H64N2/c1-7-13-18-20-24-35-27-33(22-15-9-3)29-37(31-35)41-39(12-6)40(26-17-11-5)42(44(41)43)38-30-34(23-16-10-4)28-36(32-38)25-21-19-14-8-2/h27-32H,7-26H2,1-6H3. The smallest absolute Gasteiger partial charge is 0.211 e. The Hall–Kier alpha value is -2.48. The van der Waals surface area contributed by atoms with E-state index in [1.54, 1.807) is 4.70 Å². The summed E-state index contributed by atoms with van der Waals surface area (Å²) in [4.78, 5) is 0. The van der Waals surface area contributed by atoms with Crippen molar-refractivity contribution < 1.29 is 4.70 Å². The minimum atomic E-state index is 0.930. The summed E-state index contributed by atoms with van der Waals surface area (Å²) in [5.41, 5.74) is 25.1. The Morgan fingerprint density at radius 2 is 0.773 bits per heavy atom. The van der Waals surface area contributed by atoms with Gasteiger partial charge in [0.2, 0.25) is 11.4 Å². The van der Waals surface area contributed by atoms with Crippen molar-refractivity contribution in [2.45, 2.75) is 170 Å². The van der Waals surface area contributed by atoms with Crippen LogP contribution in [0.15, 0.2) is 47.5 Å². The number of unbranched alkanes of at least 4 members (excludes halogenated alkanes) is 9. The first kappa shape index (κ1) is 36.0. The monoisotopic (exact) mass is 597 g/mol. The van der Waals surface area contributed by atoms with Gasteiger partial charge in [0.05, 0.1) is 0 Å². The lowest BCUT2D eigenvalue weighted by atomic mass is 9.91. The molecule has 0 saturated carbocycles. The van der Waals surface area contributed by atoms with Gasteiger partial charge in [-0.3, -0.25) is 0 Å². The topological polar surface area (TPSA) is 25.3 Å². The predicted molar refractivity (Wildman–Crippen MR) is 193 cm³/mol. The normalized spacial score (nSPS) is 13.5. The maximum absolute atomic E-state index is 12.3. The van der Waals surface area contributed by atoms with Crippen LogP contribution in [0.5, 0.6) is 0 Å². The molecule has 1 heterocycles. The molecule has 0 atom stereocenters. The van der Waals surface area contributed by atoms with Crippen molar-refractivity contribution >= 4 is 11.4 Å². The second-order valence-electron chi connectivity index (χ2n) is 13.3. The summed E-state index contributed by atoms with van der Waals surface area (Å²) in [6, 6.07) is 14.5. The van der Waals surface area contributed by atoms with Crippen molar-refractivity contribution in [3.8, 4) is 0 Å². The van der Waals surface area contributed by atoms with E-state index >= 15 is 0 Å². The van der Waals surface area contributed by atoms with Crippen molar-refractivity contribution in [3.05, 3.63) is 86.5 Å². The lowest BCUT2D eigenvalue weighted by Crippen LogP contribution is -2.05. The molecule has 0 fully saturated rings. The SMILES string of the molecule is CCCCCCc1cc(CCCC)cc(C2=C(CC)C(CCCC)=C(c3cc(CCCC)cc(CCCCCC)c3)[N+]2=[N-])c1. The molecule has 2 aromatic carbocycles. The van der Waals surface area contributed by atoms with Gasteiger partial charge in [0.15, 0.2) is 0 Å². The molecule has 2 aromatic rings. The predicted octanol–water partition coefficient (Wildman–Crippen LogP) is 13.4. The van der Waals surface area contributed by atoms with Gasteiger partial charge in [0, 0.05) is 22.3 Å². The first-order chi connectivity index (χ1) is 21.5. The summed E-state index contributed by atoms with van der Waals surface area (Å²) in [5.74, 6) is 0. The highest BCUT2D eigenvalue weighted by molar-refractivity contribution is 5.82. The Balaban J connectivity index is 2.10. The van der Waals surface area contributed by atoms with Gasteiger partial charge in [0.25, 0.3) is 0 Å². The number of allylic oxidation sites excluding steroid dienone is 2. The van der Waals surface area contributed by atoms with Crippen molar-refractivity contribution in [2.24, 2.45) is 0 Å². The van der Waals surface area contributed by atoms with Gasteiger partial charge in [-0.1, -0.05) is 111 Å². The van der Waals surface area contributed by atoms with E-state index in [-0.39, 0.29) is 0 Å². The average Bonchev–Trinajstić information content (AvgIpc) is 3.32. The van der Waals surface area contributed by atoms with Gasteiger partial charge in [-0.2, -0.15) is 0 Å². The van der Waals surface area contributed by atoms with Crippen molar-refractivity contribution in [1.82, 2.24) is 0 Å². The molecule has 0 radical (unpaired) electrons. The molecule has 2 heteroatoms. The third-order valence-electron chi connectivity index (χ3n) is 9.42. The van der Waals surface area contributed by atoms with Gasteiger partial charge < -0.3 is 5.53 Å². The second-order valence-corrected chi connectivity index (χ2v) is 13.3. The third kappa shape index (κ3) is 10.3. The number of aryl methyl sites for hydroxylation is 4. The number of hydrogen-bond donors (Lipinski definition) is 0. The van der Waals surface area contributed by atoms with E-state index in [9.17, 15) is 5.53 Å². The second kappa shape index (κ2) is 19.8. The molecule has 0 unspecified atom stereocenters. The van der Waals surface area contributed by atoms with Crippen molar-refractivity contribution in [3.63, 3.8) is 0 Å². The zero-order valence-corrected chi connectivity index (χ0v) is 29.5. The molecular formula is C42H64N2. The Kier molecular flexibility index (Phi) is 16.2. The molecule has 1 aliphatic heterocycles. The van der Waals surface area contributed by atoms with E-state index in [2.05, 4.69) is 77.9 Å². The highest BCUT2D eigenvalue weighted by atomic mass is 15.2. The molecule has 44 heavy (non-hydrogen) atoms. The van der Waals surface area contributed by atoms with E-state index in [1.807, 2.05) is 0 Å².